The second-order valence-corrected chi connectivity index (χ2v) is 7.86. The minimum atomic E-state index is -0.888. The number of Topliss-reactive ketones (excluding diaryl/α,β-unsaturated/α-hetero) is 1. The largest absolute Gasteiger partial charge is 0.507 e. The lowest BCUT2D eigenvalue weighted by molar-refractivity contribution is -0.140. The summed E-state index contributed by atoms with van der Waals surface area (Å²) in [5, 5.41) is 11.3. The van der Waals surface area contributed by atoms with Gasteiger partial charge >= 0.3 is 0 Å². The molecule has 2 aromatic carbocycles. The van der Waals surface area contributed by atoms with Crippen LogP contribution >= 0.6 is 11.6 Å². The molecule has 0 bridgehead atoms. The molecule has 3 aromatic rings. The summed E-state index contributed by atoms with van der Waals surface area (Å²) in [6.45, 7) is 0.241. The number of halogens is 1. The van der Waals surface area contributed by atoms with Gasteiger partial charge in [0.15, 0.2) is 0 Å². The molecule has 0 radical (unpaired) electrons. The number of hydrogen-bond donors (Lipinski definition) is 1. The van der Waals surface area contributed by atoms with Gasteiger partial charge in [-0.05, 0) is 54.4 Å². The molecule has 1 aliphatic heterocycles. The third kappa shape index (κ3) is 4.32. The minimum absolute atomic E-state index is 0.0835. The highest BCUT2D eigenvalue weighted by atomic mass is 35.5. The number of likely N-dealkylation sites (tertiary alicyclic amines) is 1. The summed E-state index contributed by atoms with van der Waals surface area (Å²) in [5.74, 6) is -0.364. The third-order valence-electron chi connectivity index (χ3n) is 5.58. The fourth-order valence-corrected chi connectivity index (χ4v) is 4.06. The molecule has 0 saturated carbocycles. The molecule has 33 heavy (non-hydrogen) atoms. The summed E-state index contributed by atoms with van der Waals surface area (Å²) in [4.78, 5) is 27.5. The molecule has 1 saturated heterocycles. The van der Waals surface area contributed by atoms with Crippen LogP contribution in [0, 0.1) is 0 Å². The fraction of sp³-hybridized carbons (Fsp3) is 0.200. The highest BCUT2D eigenvalue weighted by Gasteiger charge is 2.47. The van der Waals surface area contributed by atoms with Gasteiger partial charge in [0.25, 0.3) is 11.7 Å². The first kappa shape index (κ1) is 22.5. The Kier molecular flexibility index (Phi) is 6.42. The van der Waals surface area contributed by atoms with Crippen molar-refractivity contribution >= 4 is 29.1 Å². The van der Waals surface area contributed by atoms with Gasteiger partial charge in [0, 0.05) is 12.1 Å². The zero-order valence-electron chi connectivity index (χ0n) is 18.1. The lowest BCUT2D eigenvalue weighted by Crippen LogP contribution is -2.31. The van der Waals surface area contributed by atoms with Crippen LogP contribution in [-0.4, -0.2) is 42.5 Å². The lowest BCUT2D eigenvalue weighted by Gasteiger charge is -2.23. The maximum atomic E-state index is 13.1. The second-order valence-electron chi connectivity index (χ2n) is 7.45. The van der Waals surface area contributed by atoms with Crippen LogP contribution in [-0.2, 0) is 16.0 Å². The summed E-state index contributed by atoms with van der Waals surface area (Å²) < 4.78 is 15.9. The molecule has 1 atom stereocenters. The van der Waals surface area contributed by atoms with Crippen molar-refractivity contribution in [2.24, 2.45) is 0 Å². The van der Waals surface area contributed by atoms with E-state index < -0.39 is 17.7 Å². The van der Waals surface area contributed by atoms with Crippen LogP contribution in [0.4, 0.5) is 0 Å². The number of nitrogens with zero attached hydrogens (tertiary/aromatic N) is 1. The van der Waals surface area contributed by atoms with E-state index in [-0.39, 0.29) is 28.5 Å². The van der Waals surface area contributed by atoms with Gasteiger partial charge in [0.05, 0.1) is 31.1 Å². The normalized spacial score (nSPS) is 17.4. The van der Waals surface area contributed by atoms with Gasteiger partial charge in [-0.2, -0.15) is 0 Å². The fourth-order valence-electron chi connectivity index (χ4n) is 3.85. The lowest BCUT2D eigenvalue weighted by atomic mass is 9.99. The molecule has 1 amide bonds. The number of methoxy groups -OCH3 is 2. The Balaban J connectivity index is 1.73. The van der Waals surface area contributed by atoms with Crippen molar-refractivity contribution in [2.45, 2.75) is 12.5 Å². The minimum Gasteiger partial charge on any atom is -0.507 e. The molecule has 1 N–H and O–H groups in total. The number of amides is 1. The molecule has 2 heterocycles. The first-order valence-electron chi connectivity index (χ1n) is 10.2. The van der Waals surface area contributed by atoms with E-state index in [2.05, 4.69) is 0 Å². The highest BCUT2D eigenvalue weighted by Crippen LogP contribution is 2.41. The van der Waals surface area contributed by atoms with Crippen molar-refractivity contribution in [3.05, 3.63) is 88.3 Å². The van der Waals surface area contributed by atoms with Crippen LogP contribution in [0.1, 0.15) is 22.9 Å². The van der Waals surface area contributed by atoms with E-state index >= 15 is 0 Å². The van der Waals surface area contributed by atoms with Crippen LogP contribution in [0.2, 0.25) is 5.02 Å². The van der Waals surface area contributed by atoms with Gasteiger partial charge in [0.1, 0.15) is 29.1 Å². The maximum absolute atomic E-state index is 13.1. The van der Waals surface area contributed by atoms with Gasteiger partial charge in [-0.25, -0.2) is 0 Å². The number of carbonyl (C=O) groups is 2. The molecule has 1 aliphatic rings. The number of aliphatic hydroxyl groups excluding tert-OH is 1. The van der Waals surface area contributed by atoms with Gasteiger partial charge in [-0.3, -0.25) is 9.59 Å². The first-order valence-corrected chi connectivity index (χ1v) is 10.6. The number of rotatable bonds is 7. The second kappa shape index (κ2) is 9.42. The number of benzene rings is 2. The number of furan rings is 1. The van der Waals surface area contributed by atoms with E-state index in [0.717, 1.165) is 11.3 Å². The van der Waals surface area contributed by atoms with E-state index in [1.165, 1.54) is 24.3 Å². The Morgan fingerprint density at radius 3 is 2.39 bits per heavy atom. The number of ketones is 1. The predicted octanol–water partition coefficient (Wildman–Crippen LogP) is 4.61. The van der Waals surface area contributed by atoms with Crippen molar-refractivity contribution in [2.75, 3.05) is 20.8 Å². The van der Waals surface area contributed by atoms with E-state index in [9.17, 15) is 14.7 Å². The number of ether oxygens (including phenoxy) is 2. The monoisotopic (exact) mass is 467 g/mol. The van der Waals surface area contributed by atoms with E-state index in [4.69, 9.17) is 25.5 Å². The SMILES string of the molecule is COc1ccc(CCN2C(=O)C(=O)/C(=C(\O)c3cc(OC)ccc3Cl)C2c2ccco2)cc1. The molecule has 0 spiro atoms. The van der Waals surface area contributed by atoms with Gasteiger partial charge in [0.2, 0.25) is 0 Å². The van der Waals surface area contributed by atoms with Crippen LogP contribution in [0.25, 0.3) is 5.76 Å². The highest BCUT2D eigenvalue weighted by molar-refractivity contribution is 6.47. The standard InChI is InChI=1S/C25H22ClNO6/c1-31-16-7-5-15(6-8-16)11-12-27-22(20-4-3-13-33-20)21(24(29)25(27)30)23(28)18-14-17(32-2)9-10-19(18)26/h3-10,13-14,22,28H,11-12H2,1-2H3/b23-21-. The quantitative estimate of drug-likeness (QED) is 0.310. The van der Waals surface area contributed by atoms with Crippen LogP contribution < -0.4 is 9.47 Å². The van der Waals surface area contributed by atoms with E-state index in [0.29, 0.717) is 17.9 Å². The molecular formula is C25H22ClNO6. The van der Waals surface area contributed by atoms with Crippen molar-refractivity contribution < 1.29 is 28.6 Å². The van der Waals surface area contributed by atoms with Gasteiger partial charge < -0.3 is 23.9 Å². The summed E-state index contributed by atoms with van der Waals surface area (Å²) in [6, 6.07) is 14.6. The zero-order valence-corrected chi connectivity index (χ0v) is 18.8. The summed E-state index contributed by atoms with van der Waals surface area (Å²) in [5.41, 5.74) is 1.08. The summed E-state index contributed by atoms with van der Waals surface area (Å²) in [6.07, 6.45) is 1.95. The Labute approximate surface area is 195 Å². The summed E-state index contributed by atoms with van der Waals surface area (Å²) in [7, 11) is 3.07. The van der Waals surface area contributed by atoms with Crippen LogP contribution in [0.3, 0.4) is 0 Å². The Bertz CT molecular complexity index is 1200. The Morgan fingerprint density at radius 2 is 1.76 bits per heavy atom. The van der Waals surface area contributed by atoms with Gasteiger partial charge in [-0.1, -0.05) is 23.7 Å². The Morgan fingerprint density at radius 1 is 1.06 bits per heavy atom. The zero-order chi connectivity index (χ0) is 23.5. The van der Waals surface area contributed by atoms with Crippen molar-refractivity contribution in [1.29, 1.82) is 0 Å². The molecule has 170 valence electrons. The van der Waals surface area contributed by atoms with E-state index in [1.807, 2.05) is 24.3 Å². The summed E-state index contributed by atoms with van der Waals surface area (Å²) >= 11 is 6.29. The molecular weight excluding hydrogens is 446 g/mol. The average molecular weight is 468 g/mol. The first-order chi connectivity index (χ1) is 15.9. The van der Waals surface area contributed by atoms with Crippen molar-refractivity contribution in [3.63, 3.8) is 0 Å². The molecule has 1 unspecified atom stereocenters. The molecule has 4 rings (SSSR count). The third-order valence-corrected chi connectivity index (χ3v) is 5.91. The Hall–Kier alpha value is -3.71. The smallest absolute Gasteiger partial charge is 0.295 e. The number of carbonyl (C=O) groups excluding carboxylic acids is 2. The van der Waals surface area contributed by atoms with E-state index in [1.54, 1.807) is 31.4 Å². The van der Waals surface area contributed by atoms with Crippen molar-refractivity contribution in [1.82, 2.24) is 4.90 Å². The topological polar surface area (TPSA) is 89.2 Å². The number of aliphatic hydroxyl groups is 1. The van der Waals surface area contributed by atoms with Gasteiger partial charge in [-0.15, -0.1) is 0 Å². The molecule has 7 nitrogen and oxygen atoms in total. The average Bonchev–Trinajstić information content (AvgIpc) is 3.45. The van der Waals surface area contributed by atoms with Crippen LogP contribution in [0.15, 0.2) is 70.9 Å². The van der Waals surface area contributed by atoms with Crippen LogP contribution in [0.5, 0.6) is 11.5 Å². The molecule has 8 heteroatoms. The van der Waals surface area contributed by atoms with Crippen molar-refractivity contribution in [3.8, 4) is 11.5 Å². The maximum Gasteiger partial charge on any atom is 0.295 e. The molecule has 0 aliphatic carbocycles. The molecule has 1 fully saturated rings. The molecule has 1 aromatic heterocycles. The predicted molar refractivity (Wildman–Crippen MR) is 122 cm³/mol. The number of hydrogen-bond acceptors (Lipinski definition) is 6.